The van der Waals surface area contributed by atoms with E-state index in [1.165, 1.54) is 0 Å². The summed E-state index contributed by atoms with van der Waals surface area (Å²) < 4.78 is 0. The van der Waals surface area contributed by atoms with Crippen LogP contribution >= 0.6 is 0 Å². The van der Waals surface area contributed by atoms with Gasteiger partial charge in [0.1, 0.15) is 0 Å². The molecule has 1 rings (SSSR count). The van der Waals surface area contributed by atoms with Crippen molar-refractivity contribution in [3.05, 3.63) is 29.8 Å². The first-order valence-electron chi connectivity index (χ1n) is 5.43. The average molecular weight is 220 g/mol. The van der Waals surface area contributed by atoms with Gasteiger partial charge < -0.3 is 4.90 Å². The van der Waals surface area contributed by atoms with Gasteiger partial charge in [0.25, 0.3) is 0 Å². The van der Waals surface area contributed by atoms with Crippen LogP contribution < -0.4 is 0 Å². The van der Waals surface area contributed by atoms with Crippen molar-refractivity contribution in [1.29, 1.82) is 0 Å². The molecule has 0 saturated heterocycles. The summed E-state index contributed by atoms with van der Waals surface area (Å²) in [6.07, 6.45) is 0. The lowest BCUT2D eigenvalue weighted by Crippen LogP contribution is -2.24. The van der Waals surface area contributed by atoms with Crippen LogP contribution in [0.3, 0.4) is 0 Å². The Balaban J connectivity index is 2.50. The Morgan fingerprint density at radius 2 is 1.75 bits per heavy atom. The lowest BCUT2D eigenvalue weighted by atomic mass is 10.2. The second-order valence-corrected chi connectivity index (χ2v) is 4.16. The first kappa shape index (κ1) is 12.6. The molecule has 0 saturated carbocycles. The van der Waals surface area contributed by atoms with E-state index in [0.29, 0.717) is 0 Å². The number of nitrogens with zero attached hydrogens (tertiary/aromatic N) is 4. The molecule has 1 aromatic carbocycles. The predicted molar refractivity (Wildman–Crippen MR) is 66.9 cm³/mol. The maximum absolute atomic E-state index is 4.22. The van der Waals surface area contributed by atoms with Crippen molar-refractivity contribution in [3.63, 3.8) is 0 Å². The standard InChI is InChI=1S/C12H20N4/c1-11-7-5-6-8-12(11)13-14-16(4)10-9-15(2)3/h5-8H,9-10H2,1-4H3. The van der Waals surface area contributed by atoms with Crippen molar-refractivity contribution in [2.45, 2.75) is 6.92 Å². The molecule has 0 unspecified atom stereocenters. The molecule has 0 aromatic heterocycles. The van der Waals surface area contributed by atoms with E-state index in [2.05, 4.69) is 15.2 Å². The Morgan fingerprint density at radius 1 is 1.06 bits per heavy atom. The third-order valence-corrected chi connectivity index (χ3v) is 2.29. The Morgan fingerprint density at radius 3 is 2.38 bits per heavy atom. The molecule has 0 radical (unpaired) electrons. The van der Waals surface area contributed by atoms with Gasteiger partial charge in [-0.3, -0.25) is 5.01 Å². The van der Waals surface area contributed by atoms with Crippen molar-refractivity contribution >= 4 is 5.69 Å². The predicted octanol–water partition coefficient (Wildman–Crippen LogP) is 2.49. The number of aryl methyl sites for hydroxylation is 1. The fourth-order valence-electron chi connectivity index (χ4n) is 1.19. The Kier molecular flexibility index (Phi) is 4.92. The number of likely N-dealkylation sites (N-methyl/N-ethyl adjacent to an activating group) is 2. The summed E-state index contributed by atoms with van der Waals surface area (Å²) in [5, 5.41) is 10.2. The van der Waals surface area contributed by atoms with Crippen LogP contribution in [0.1, 0.15) is 5.56 Å². The Bertz CT molecular complexity index is 347. The molecule has 0 amide bonds. The minimum atomic E-state index is 0.877. The van der Waals surface area contributed by atoms with E-state index < -0.39 is 0 Å². The van der Waals surface area contributed by atoms with Crippen molar-refractivity contribution in [1.82, 2.24) is 9.91 Å². The molecule has 0 aliphatic rings. The SMILES string of the molecule is Cc1ccccc1N=NN(C)CCN(C)C. The van der Waals surface area contributed by atoms with E-state index in [1.807, 2.05) is 57.3 Å². The molecular formula is C12H20N4. The number of benzene rings is 1. The summed E-state index contributed by atoms with van der Waals surface area (Å²) in [6, 6.07) is 7.98. The smallest absolute Gasteiger partial charge is 0.0903 e. The largest absolute Gasteiger partial charge is 0.308 e. The van der Waals surface area contributed by atoms with Gasteiger partial charge in [-0.05, 0) is 32.6 Å². The van der Waals surface area contributed by atoms with Gasteiger partial charge >= 0.3 is 0 Å². The quantitative estimate of drug-likeness (QED) is 0.564. The zero-order valence-corrected chi connectivity index (χ0v) is 10.5. The maximum atomic E-state index is 4.22. The summed E-state index contributed by atoms with van der Waals surface area (Å²) in [5.74, 6) is 0. The molecule has 0 N–H and O–H groups in total. The average Bonchev–Trinajstić information content (AvgIpc) is 2.25. The van der Waals surface area contributed by atoms with Crippen LogP contribution in [0.4, 0.5) is 5.69 Å². The Hall–Kier alpha value is -1.42. The molecule has 0 spiro atoms. The van der Waals surface area contributed by atoms with E-state index in [4.69, 9.17) is 0 Å². The van der Waals surface area contributed by atoms with Gasteiger partial charge in [0.2, 0.25) is 0 Å². The molecule has 0 fully saturated rings. The van der Waals surface area contributed by atoms with Crippen LogP contribution in [0.5, 0.6) is 0 Å². The molecule has 0 atom stereocenters. The van der Waals surface area contributed by atoms with Gasteiger partial charge in [-0.2, -0.15) is 0 Å². The van der Waals surface area contributed by atoms with E-state index in [-0.39, 0.29) is 0 Å². The molecule has 0 aliphatic carbocycles. The first-order valence-corrected chi connectivity index (χ1v) is 5.43. The normalized spacial score (nSPS) is 11.3. The van der Waals surface area contributed by atoms with Crippen LogP contribution in [0, 0.1) is 6.92 Å². The summed E-state index contributed by atoms with van der Waals surface area (Å²) in [4.78, 5) is 2.12. The van der Waals surface area contributed by atoms with Gasteiger partial charge in [0.05, 0.1) is 12.2 Å². The zero-order chi connectivity index (χ0) is 12.0. The highest BCUT2D eigenvalue weighted by Gasteiger charge is 1.97. The van der Waals surface area contributed by atoms with Crippen LogP contribution in [-0.2, 0) is 0 Å². The Labute approximate surface area is 97.6 Å². The number of hydrogen-bond acceptors (Lipinski definition) is 3. The fourth-order valence-corrected chi connectivity index (χ4v) is 1.19. The van der Waals surface area contributed by atoms with E-state index in [0.717, 1.165) is 24.3 Å². The van der Waals surface area contributed by atoms with E-state index >= 15 is 0 Å². The van der Waals surface area contributed by atoms with Crippen molar-refractivity contribution in [2.24, 2.45) is 10.3 Å². The molecule has 0 aliphatic heterocycles. The monoisotopic (exact) mass is 220 g/mol. The highest BCUT2D eigenvalue weighted by atomic mass is 15.5. The number of rotatable bonds is 5. The van der Waals surface area contributed by atoms with Crippen LogP contribution in [0.2, 0.25) is 0 Å². The van der Waals surface area contributed by atoms with Gasteiger partial charge in [-0.25, -0.2) is 0 Å². The third kappa shape index (κ3) is 4.40. The lowest BCUT2D eigenvalue weighted by molar-refractivity contribution is 0.279. The lowest BCUT2D eigenvalue weighted by Gasteiger charge is -2.14. The van der Waals surface area contributed by atoms with E-state index in [1.54, 1.807) is 0 Å². The zero-order valence-electron chi connectivity index (χ0n) is 10.5. The number of hydrogen-bond donors (Lipinski definition) is 0. The molecule has 0 bridgehead atoms. The van der Waals surface area contributed by atoms with Crippen molar-refractivity contribution < 1.29 is 0 Å². The fraction of sp³-hybridized carbons (Fsp3) is 0.500. The highest BCUT2D eigenvalue weighted by molar-refractivity contribution is 5.43. The highest BCUT2D eigenvalue weighted by Crippen LogP contribution is 2.17. The van der Waals surface area contributed by atoms with Crippen LogP contribution in [-0.4, -0.2) is 44.1 Å². The molecular weight excluding hydrogens is 200 g/mol. The first-order chi connectivity index (χ1) is 7.59. The molecule has 16 heavy (non-hydrogen) atoms. The second kappa shape index (κ2) is 6.23. The van der Waals surface area contributed by atoms with Gasteiger partial charge in [0, 0.05) is 13.6 Å². The van der Waals surface area contributed by atoms with Crippen LogP contribution in [0.15, 0.2) is 34.6 Å². The van der Waals surface area contributed by atoms with Crippen LogP contribution in [0.25, 0.3) is 0 Å². The summed E-state index contributed by atoms with van der Waals surface area (Å²) in [7, 11) is 6.03. The minimum Gasteiger partial charge on any atom is -0.308 e. The molecule has 88 valence electrons. The molecule has 1 aromatic rings. The third-order valence-electron chi connectivity index (χ3n) is 2.29. The van der Waals surface area contributed by atoms with Gasteiger partial charge in [-0.1, -0.05) is 23.4 Å². The van der Waals surface area contributed by atoms with Gasteiger partial charge in [0.15, 0.2) is 0 Å². The topological polar surface area (TPSA) is 31.2 Å². The molecule has 0 heterocycles. The molecule has 4 heteroatoms. The van der Waals surface area contributed by atoms with Crippen molar-refractivity contribution in [2.75, 3.05) is 34.2 Å². The second-order valence-electron chi connectivity index (χ2n) is 4.16. The van der Waals surface area contributed by atoms with Gasteiger partial charge in [-0.15, -0.1) is 5.11 Å². The summed E-state index contributed by atoms with van der Waals surface area (Å²) >= 11 is 0. The van der Waals surface area contributed by atoms with Crippen molar-refractivity contribution in [3.8, 4) is 0 Å². The maximum Gasteiger partial charge on any atom is 0.0903 e. The minimum absolute atomic E-state index is 0.877. The summed E-state index contributed by atoms with van der Waals surface area (Å²) in [6.45, 7) is 3.89. The van der Waals surface area contributed by atoms with E-state index in [9.17, 15) is 0 Å². The molecule has 4 nitrogen and oxygen atoms in total. The summed E-state index contributed by atoms with van der Waals surface area (Å²) in [5.41, 5.74) is 2.08.